The van der Waals surface area contributed by atoms with Gasteiger partial charge in [0.05, 0.1) is 0 Å². The second-order valence-corrected chi connectivity index (χ2v) is 2.70. The summed E-state index contributed by atoms with van der Waals surface area (Å²) in [6, 6.07) is 0. The summed E-state index contributed by atoms with van der Waals surface area (Å²) in [5.74, 6) is 0.895. The van der Waals surface area contributed by atoms with Crippen LogP contribution in [0.25, 0.3) is 0 Å². The highest BCUT2D eigenvalue weighted by Crippen LogP contribution is 2.17. The lowest BCUT2D eigenvalue weighted by Gasteiger charge is -2.05. The highest BCUT2D eigenvalue weighted by Gasteiger charge is 2.17. The SMILES string of the molecule is CN1CCn2cc(C=O)nc21. The first kappa shape index (κ1) is 6.39. The van der Waals surface area contributed by atoms with Gasteiger partial charge < -0.3 is 9.47 Å². The Labute approximate surface area is 64.4 Å². The van der Waals surface area contributed by atoms with Gasteiger partial charge in [-0.25, -0.2) is 4.98 Å². The molecule has 0 saturated heterocycles. The molecule has 1 aromatic heterocycles. The second-order valence-electron chi connectivity index (χ2n) is 2.70. The quantitative estimate of drug-likeness (QED) is 0.536. The van der Waals surface area contributed by atoms with Crippen LogP contribution in [0.5, 0.6) is 0 Å². The Balaban J connectivity index is 2.45. The Morgan fingerprint density at radius 3 is 3.09 bits per heavy atom. The van der Waals surface area contributed by atoms with Gasteiger partial charge in [0.15, 0.2) is 6.29 Å². The van der Waals surface area contributed by atoms with Crippen LogP contribution in [0.2, 0.25) is 0 Å². The predicted molar refractivity (Wildman–Crippen MR) is 40.9 cm³/mol. The first-order valence-corrected chi connectivity index (χ1v) is 3.55. The zero-order chi connectivity index (χ0) is 7.84. The van der Waals surface area contributed by atoms with Gasteiger partial charge in [0, 0.05) is 26.3 Å². The van der Waals surface area contributed by atoms with E-state index in [-0.39, 0.29) is 0 Å². The minimum atomic E-state index is 0.520. The number of aldehydes is 1. The highest BCUT2D eigenvalue weighted by molar-refractivity contribution is 5.72. The summed E-state index contributed by atoms with van der Waals surface area (Å²) in [5, 5.41) is 0. The zero-order valence-corrected chi connectivity index (χ0v) is 6.32. The number of carbonyl (C=O) groups is 1. The normalized spacial score (nSPS) is 15.2. The van der Waals surface area contributed by atoms with Gasteiger partial charge in [-0.3, -0.25) is 4.79 Å². The van der Waals surface area contributed by atoms with E-state index in [4.69, 9.17) is 0 Å². The van der Waals surface area contributed by atoms with Crippen LogP contribution in [0.4, 0.5) is 5.95 Å². The molecule has 0 fully saturated rings. The maximum atomic E-state index is 10.3. The van der Waals surface area contributed by atoms with Crippen LogP contribution in [0.1, 0.15) is 10.5 Å². The average molecular weight is 151 g/mol. The summed E-state index contributed by atoms with van der Waals surface area (Å²) in [6.45, 7) is 1.92. The van der Waals surface area contributed by atoms with E-state index in [0.717, 1.165) is 25.3 Å². The molecular formula is C7H9N3O. The van der Waals surface area contributed by atoms with Gasteiger partial charge >= 0.3 is 0 Å². The minimum Gasteiger partial charge on any atom is -0.344 e. The Morgan fingerprint density at radius 2 is 2.45 bits per heavy atom. The Morgan fingerprint density at radius 1 is 1.64 bits per heavy atom. The molecule has 0 aliphatic carbocycles. The summed E-state index contributed by atoms with van der Waals surface area (Å²) in [5.41, 5.74) is 0.520. The molecule has 1 aliphatic rings. The van der Waals surface area contributed by atoms with E-state index in [1.54, 1.807) is 6.20 Å². The van der Waals surface area contributed by atoms with Gasteiger partial charge in [-0.15, -0.1) is 0 Å². The van der Waals surface area contributed by atoms with E-state index in [1.807, 2.05) is 16.5 Å². The van der Waals surface area contributed by atoms with Crippen molar-refractivity contribution in [3.63, 3.8) is 0 Å². The molecule has 0 spiro atoms. The minimum absolute atomic E-state index is 0.520. The first-order valence-electron chi connectivity index (χ1n) is 3.55. The largest absolute Gasteiger partial charge is 0.344 e. The standard InChI is InChI=1S/C7H9N3O/c1-9-2-3-10-4-6(5-11)8-7(9)10/h4-5H,2-3H2,1H3. The smallest absolute Gasteiger partial charge is 0.206 e. The molecule has 0 amide bonds. The molecule has 0 saturated carbocycles. The third-order valence-electron chi connectivity index (χ3n) is 1.91. The van der Waals surface area contributed by atoms with Gasteiger partial charge in [0.1, 0.15) is 5.69 Å². The lowest BCUT2D eigenvalue weighted by atomic mass is 10.5. The molecule has 0 radical (unpaired) electrons. The number of anilines is 1. The van der Waals surface area contributed by atoms with Crippen molar-refractivity contribution in [3.05, 3.63) is 11.9 Å². The maximum absolute atomic E-state index is 10.3. The van der Waals surface area contributed by atoms with Crippen molar-refractivity contribution in [2.75, 3.05) is 18.5 Å². The van der Waals surface area contributed by atoms with E-state index in [1.165, 1.54) is 0 Å². The molecule has 0 bridgehead atoms. The maximum Gasteiger partial charge on any atom is 0.206 e. The van der Waals surface area contributed by atoms with Gasteiger partial charge in [-0.1, -0.05) is 0 Å². The molecule has 0 unspecified atom stereocenters. The summed E-state index contributed by atoms with van der Waals surface area (Å²) >= 11 is 0. The average Bonchev–Trinajstić information content (AvgIpc) is 2.53. The monoisotopic (exact) mass is 151 g/mol. The van der Waals surface area contributed by atoms with Crippen molar-refractivity contribution >= 4 is 12.2 Å². The van der Waals surface area contributed by atoms with E-state index >= 15 is 0 Å². The molecule has 0 N–H and O–H groups in total. The van der Waals surface area contributed by atoms with E-state index < -0.39 is 0 Å². The molecule has 1 aromatic rings. The molecular weight excluding hydrogens is 142 g/mol. The van der Waals surface area contributed by atoms with Gasteiger partial charge in [-0.2, -0.15) is 0 Å². The molecule has 2 heterocycles. The van der Waals surface area contributed by atoms with Crippen molar-refractivity contribution in [1.29, 1.82) is 0 Å². The van der Waals surface area contributed by atoms with Gasteiger partial charge in [0.2, 0.25) is 5.95 Å². The molecule has 1 aliphatic heterocycles. The van der Waals surface area contributed by atoms with Gasteiger partial charge in [0.25, 0.3) is 0 Å². The Bertz CT molecular complexity index is 292. The van der Waals surface area contributed by atoms with Crippen molar-refractivity contribution in [3.8, 4) is 0 Å². The number of nitrogens with zero attached hydrogens (tertiary/aromatic N) is 3. The first-order chi connectivity index (χ1) is 5.31. The summed E-state index contributed by atoms with van der Waals surface area (Å²) in [6.07, 6.45) is 2.56. The summed E-state index contributed by atoms with van der Waals surface area (Å²) in [4.78, 5) is 16.5. The highest BCUT2D eigenvalue weighted by atomic mass is 16.1. The third-order valence-corrected chi connectivity index (χ3v) is 1.91. The molecule has 2 rings (SSSR count). The van der Waals surface area contributed by atoms with Crippen molar-refractivity contribution in [2.45, 2.75) is 6.54 Å². The lowest BCUT2D eigenvalue weighted by molar-refractivity contribution is 0.111. The Hall–Kier alpha value is -1.32. The van der Waals surface area contributed by atoms with Crippen molar-refractivity contribution in [1.82, 2.24) is 9.55 Å². The van der Waals surface area contributed by atoms with Crippen LogP contribution in [-0.4, -0.2) is 29.4 Å². The molecule has 4 heteroatoms. The summed E-state index contributed by atoms with van der Waals surface area (Å²) in [7, 11) is 1.97. The second kappa shape index (κ2) is 2.08. The van der Waals surface area contributed by atoms with Crippen LogP contribution in [-0.2, 0) is 6.54 Å². The van der Waals surface area contributed by atoms with Crippen molar-refractivity contribution < 1.29 is 4.79 Å². The number of hydrogen-bond acceptors (Lipinski definition) is 3. The number of imidazole rings is 1. The number of hydrogen-bond donors (Lipinski definition) is 0. The van der Waals surface area contributed by atoms with Crippen LogP contribution in [0.15, 0.2) is 6.20 Å². The number of rotatable bonds is 1. The fourth-order valence-electron chi connectivity index (χ4n) is 1.31. The number of likely N-dealkylation sites (N-methyl/N-ethyl adjacent to an activating group) is 1. The van der Waals surface area contributed by atoms with Gasteiger partial charge in [-0.05, 0) is 0 Å². The fraction of sp³-hybridized carbons (Fsp3) is 0.429. The molecule has 58 valence electrons. The molecule has 0 atom stereocenters. The van der Waals surface area contributed by atoms with Crippen molar-refractivity contribution in [2.24, 2.45) is 0 Å². The molecule has 0 aromatic carbocycles. The predicted octanol–water partition coefficient (Wildman–Crippen LogP) is 0.145. The van der Waals surface area contributed by atoms with Crippen LogP contribution >= 0.6 is 0 Å². The lowest BCUT2D eigenvalue weighted by Crippen LogP contribution is -2.13. The third kappa shape index (κ3) is 0.824. The van der Waals surface area contributed by atoms with E-state index in [0.29, 0.717) is 5.69 Å². The van der Waals surface area contributed by atoms with Crippen LogP contribution in [0.3, 0.4) is 0 Å². The van der Waals surface area contributed by atoms with Crippen LogP contribution < -0.4 is 4.90 Å². The molecule has 11 heavy (non-hydrogen) atoms. The number of carbonyl (C=O) groups excluding carboxylic acids is 1. The zero-order valence-electron chi connectivity index (χ0n) is 6.32. The Kier molecular flexibility index (Phi) is 1.21. The molecule has 4 nitrogen and oxygen atoms in total. The van der Waals surface area contributed by atoms with E-state index in [9.17, 15) is 4.79 Å². The number of fused-ring (bicyclic) bond motifs is 1. The van der Waals surface area contributed by atoms with E-state index in [2.05, 4.69) is 4.98 Å². The van der Waals surface area contributed by atoms with Crippen LogP contribution in [0, 0.1) is 0 Å². The number of aromatic nitrogens is 2. The topological polar surface area (TPSA) is 38.1 Å². The fourth-order valence-corrected chi connectivity index (χ4v) is 1.31. The summed E-state index contributed by atoms with van der Waals surface area (Å²) < 4.78 is 1.99.